The molecule has 0 aliphatic carbocycles. The van der Waals surface area contributed by atoms with Crippen molar-refractivity contribution in [2.24, 2.45) is 0 Å². The summed E-state index contributed by atoms with van der Waals surface area (Å²) >= 11 is 6.19. The third-order valence-electron chi connectivity index (χ3n) is 5.52. The number of methoxy groups -OCH3 is 1. The molecule has 0 saturated carbocycles. The number of aryl methyl sites for hydroxylation is 3. The summed E-state index contributed by atoms with van der Waals surface area (Å²) in [5, 5.41) is 3.73. The molecule has 0 radical (unpaired) electrons. The van der Waals surface area contributed by atoms with Gasteiger partial charge in [-0.1, -0.05) is 53.6 Å². The first-order valence-corrected chi connectivity index (χ1v) is 10.6. The Hall–Kier alpha value is -3.57. The number of hydrogen-bond acceptors (Lipinski definition) is 4. The molecule has 0 bridgehead atoms. The Morgan fingerprint density at radius 3 is 2.34 bits per heavy atom. The zero-order valence-electron chi connectivity index (χ0n) is 18.3. The lowest BCUT2D eigenvalue weighted by Gasteiger charge is -2.18. The zero-order valence-corrected chi connectivity index (χ0v) is 19.1. The van der Waals surface area contributed by atoms with Gasteiger partial charge in [-0.25, -0.2) is 4.90 Å². The summed E-state index contributed by atoms with van der Waals surface area (Å²) in [5.74, 6) is -0.420. The van der Waals surface area contributed by atoms with Gasteiger partial charge in [0.25, 0.3) is 11.8 Å². The number of hydrogen-bond donors (Lipinski definition) is 1. The van der Waals surface area contributed by atoms with E-state index in [4.69, 9.17) is 16.3 Å². The van der Waals surface area contributed by atoms with Crippen molar-refractivity contribution in [1.82, 2.24) is 0 Å². The predicted octanol–water partition coefficient (Wildman–Crippen LogP) is 5.67. The quantitative estimate of drug-likeness (QED) is 0.513. The molecule has 162 valence electrons. The number of carbonyl (C=O) groups excluding carboxylic acids is 2. The molecule has 6 heteroatoms. The highest BCUT2D eigenvalue weighted by atomic mass is 35.5. The second kappa shape index (κ2) is 8.52. The normalized spacial score (nSPS) is 13.7. The Morgan fingerprint density at radius 1 is 0.875 bits per heavy atom. The second-order valence-electron chi connectivity index (χ2n) is 7.77. The van der Waals surface area contributed by atoms with Crippen LogP contribution < -0.4 is 15.0 Å². The SMILES string of the molecule is COc1ccccc1N1C(=O)C(Nc2cc(Cl)ccc2C)=C(c2ccc(C)cc2C)C1=O. The van der Waals surface area contributed by atoms with Crippen LogP contribution in [0.25, 0.3) is 5.57 Å². The van der Waals surface area contributed by atoms with Crippen LogP contribution in [0.1, 0.15) is 22.3 Å². The van der Waals surface area contributed by atoms with Gasteiger partial charge in [-0.15, -0.1) is 0 Å². The third-order valence-corrected chi connectivity index (χ3v) is 5.76. The van der Waals surface area contributed by atoms with Crippen LogP contribution in [0, 0.1) is 20.8 Å². The number of imide groups is 1. The summed E-state index contributed by atoms with van der Waals surface area (Å²) in [6.45, 7) is 5.83. The van der Waals surface area contributed by atoms with Crippen LogP contribution in [-0.2, 0) is 9.59 Å². The van der Waals surface area contributed by atoms with Crippen molar-refractivity contribution in [3.63, 3.8) is 0 Å². The van der Waals surface area contributed by atoms with E-state index in [-0.39, 0.29) is 5.70 Å². The number of rotatable bonds is 5. The van der Waals surface area contributed by atoms with E-state index < -0.39 is 11.8 Å². The standard InChI is InChI=1S/C26H23ClN2O3/c1-15-9-12-19(17(3)13-15)23-24(28-20-14-18(27)11-10-16(20)2)26(31)29(25(23)30)21-7-5-6-8-22(21)32-4/h5-14,28H,1-4H3. The van der Waals surface area contributed by atoms with Crippen LogP contribution >= 0.6 is 11.6 Å². The molecule has 1 N–H and O–H groups in total. The van der Waals surface area contributed by atoms with Crippen molar-refractivity contribution in [3.8, 4) is 5.75 Å². The monoisotopic (exact) mass is 446 g/mol. The van der Waals surface area contributed by atoms with Gasteiger partial charge in [-0.05, 0) is 61.7 Å². The Bertz CT molecular complexity index is 1280. The Kier molecular flexibility index (Phi) is 5.76. The minimum absolute atomic E-state index is 0.207. The average molecular weight is 447 g/mol. The van der Waals surface area contributed by atoms with Crippen LogP contribution in [0.4, 0.5) is 11.4 Å². The van der Waals surface area contributed by atoms with Crippen molar-refractivity contribution >= 4 is 40.4 Å². The van der Waals surface area contributed by atoms with Crippen molar-refractivity contribution in [1.29, 1.82) is 0 Å². The van der Waals surface area contributed by atoms with Crippen molar-refractivity contribution in [2.45, 2.75) is 20.8 Å². The molecule has 0 fully saturated rings. The van der Waals surface area contributed by atoms with Gasteiger partial charge in [0.15, 0.2) is 0 Å². The van der Waals surface area contributed by atoms with E-state index in [0.29, 0.717) is 33.3 Å². The maximum atomic E-state index is 13.7. The van der Waals surface area contributed by atoms with Gasteiger partial charge in [0, 0.05) is 10.7 Å². The molecule has 0 spiro atoms. The summed E-state index contributed by atoms with van der Waals surface area (Å²) in [5.41, 5.74) is 5.17. The van der Waals surface area contributed by atoms with Gasteiger partial charge >= 0.3 is 0 Å². The first kappa shape index (κ1) is 21.7. The van der Waals surface area contributed by atoms with Gasteiger partial charge in [0.2, 0.25) is 0 Å². The van der Waals surface area contributed by atoms with E-state index in [0.717, 1.165) is 21.6 Å². The molecular formula is C26H23ClN2O3. The molecule has 4 rings (SSSR count). The zero-order chi connectivity index (χ0) is 23.0. The fourth-order valence-electron chi connectivity index (χ4n) is 3.89. The van der Waals surface area contributed by atoms with Crippen molar-refractivity contribution < 1.29 is 14.3 Å². The minimum Gasteiger partial charge on any atom is -0.495 e. The van der Waals surface area contributed by atoms with Crippen LogP contribution in [0.5, 0.6) is 5.75 Å². The number of ether oxygens (including phenoxy) is 1. The summed E-state index contributed by atoms with van der Waals surface area (Å²) in [7, 11) is 1.51. The van der Waals surface area contributed by atoms with Crippen molar-refractivity contribution in [2.75, 3.05) is 17.3 Å². The lowest BCUT2D eigenvalue weighted by molar-refractivity contribution is -0.120. The van der Waals surface area contributed by atoms with Crippen molar-refractivity contribution in [3.05, 3.63) is 93.6 Å². The lowest BCUT2D eigenvalue weighted by Crippen LogP contribution is -2.32. The van der Waals surface area contributed by atoms with E-state index in [2.05, 4.69) is 5.32 Å². The Balaban J connectivity index is 1.91. The number of halogens is 1. The average Bonchev–Trinajstić information content (AvgIpc) is 3.00. The molecule has 1 aliphatic rings. The van der Waals surface area contributed by atoms with E-state index in [1.165, 1.54) is 7.11 Å². The van der Waals surface area contributed by atoms with Gasteiger partial charge < -0.3 is 10.1 Å². The number of nitrogens with zero attached hydrogens (tertiary/aromatic N) is 1. The van der Waals surface area contributed by atoms with Gasteiger partial charge in [-0.3, -0.25) is 9.59 Å². The highest BCUT2D eigenvalue weighted by Gasteiger charge is 2.42. The molecule has 3 aromatic carbocycles. The number of benzene rings is 3. The molecular weight excluding hydrogens is 424 g/mol. The smallest absolute Gasteiger partial charge is 0.282 e. The van der Waals surface area contributed by atoms with Crippen LogP contribution in [-0.4, -0.2) is 18.9 Å². The fraction of sp³-hybridized carbons (Fsp3) is 0.154. The maximum absolute atomic E-state index is 13.7. The summed E-state index contributed by atoms with van der Waals surface area (Å²) in [6, 6.07) is 18.2. The molecule has 0 atom stereocenters. The molecule has 32 heavy (non-hydrogen) atoms. The van der Waals surface area contributed by atoms with E-state index in [1.807, 2.05) is 45.0 Å². The molecule has 1 heterocycles. The molecule has 1 aliphatic heterocycles. The van der Waals surface area contributed by atoms with Gasteiger partial charge in [0.1, 0.15) is 11.4 Å². The summed E-state index contributed by atoms with van der Waals surface area (Å²) in [6.07, 6.45) is 0. The predicted molar refractivity (Wildman–Crippen MR) is 128 cm³/mol. The lowest BCUT2D eigenvalue weighted by atomic mass is 9.97. The largest absolute Gasteiger partial charge is 0.495 e. The molecule has 3 aromatic rings. The topological polar surface area (TPSA) is 58.6 Å². The van der Waals surface area contributed by atoms with Crippen LogP contribution in [0.3, 0.4) is 0 Å². The fourth-order valence-corrected chi connectivity index (χ4v) is 4.06. The minimum atomic E-state index is -0.450. The molecule has 0 unspecified atom stereocenters. The summed E-state index contributed by atoms with van der Waals surface area (Å²) in [4.78, 5) is 28.5. The van der Waals surface area contributed by atoms with Crippen LogP contribution in [0.15, 0.2) is 66.4 Å². The van der Waals surface area contributed by atoms with E-state index in [1.54, 1.807) is 36.4 Å². The van der Waals surface area contributed by atoms with Gasteiger partial charge in [-0.2, -0.15) is 0 Å². The highest BCUT2D eigenvalue weighted by Crippen LogP contribution is 2.39. The maximum Gasteiger partial charge on any atom is 0.282 e. The Labute approximate surface area is 192 Å². The highest BCUT2D eigenvalue weighted by molar-refractivity contribution is 6.46. The van der Waals surface area contributed by atoms with E-state index >= 15 is 0 Å². The number of nitrogens with one attached hydrogen (secondary N) is 1. The second-order valence-corrected chi connectivity index (χ2v) is 8.21. The number of amides is 2. The molecule has 5 nitrogen and oxygen atoms in total. The molecule has 2 amide bonds. The number of carbonyl (C=O) groups is 2. The first-order chi connectivity index (χ1) is 15.3. The molecule has 0 saturated heterocycles. The third kappa shape index (κ3) is 3.76. The number of anilines is 2. The Morgan fingerprint density at radius 2 is 1.62 bits per heavy atom. The van der Waals surface area contributed by atoms with Crippen LogP contribution in [0.2, 0.25) is 5.02 Å². The number of para-hydroxylation sites is 2. The first-order valence-electron chi connectivity index (χ1n) is 10.2. The molecule has 0 aromatic heterocycles. The van der Waals surface area contributed by atoms with Gasteiger partial charge in [0.05, 0.1) is 18.4 Å². The summed E-state index contributed by atoms with van der Waals surface area (Å²) < 4.78 is 5.42. The van der Waals surface area contributed by atoms with E-state index in [9.17, 15) is 9.59 Å².